The smallest absolute Gasteiger partial charge is 0.272 e. The highest BCUT2D eigenvalue weighted by molar-refractivity contribution is 7.17. The van der Waals surface area contributed by atoms with Crippen molar-refractivity contribution in [2.45, 2.75) is 20.4 Å². The molecule has 0 atom stereocenters. The summed E-state index contributed by atoms with van der Waals surface area (Å²) in [6, 6.07) is 10.9. The second kappa shape index (κ2) is 5.77. The average molecular weight is 312 g/mol. The normalized spacial score (nSPS) is 10.8. The van der Waals surface area contributed by atoms with Crippen molar-refractivity contribution in [3.8, 4) is 0 Å². The molecule has 1 aromatic carbocycles. The summed E-state index contributed by atoms with van der Waals surface area (Å²) < 4.78 is 3.12. The van der Waals surface area contributed by atoms with E-state index in [0.29, 0.717) is 16.9 Å². The Hall–Kier alpha value is -2.40. The lowest BCUT2D eigenvalue weighted by atomic mass is 10.1. The van der Waals surface area contributed by atoms with E-state index in [9.17, 15) is 9.59 Å². The Bertz CT molecular complexity index is 843. The molecular formula is C17H16N2O2S. The molecule has 0 radical (unpaired) electrons. The highest BCUT2D eigenvalue weighted by Crippen LogP contribution is 2.25. The molecule has 4 nitrogen and oxygen atoms in total. The van der Waals surface area contributed by atoms with Crippen molar-refractivity contribution in [3.63, 3.8) is 0 Å². The van der Waals surface area contributed by atoms with E-state index in [1.807, 2.05) is 29.0 Å². The SMILES string of the molecule is CCn1c(C(=O)Nc2ccc(C(C)=O)cc2)cc2sccc21. The number of hydrogen-bond acceptors (Lipinski definition) is 3. The molecule has 1 N–H and O–H groups in total. The highest BCUT2D eigenvalue weighted by Gasteiger charge is 2.15. The van der Waals surface area contributed by atoms with Crippen LogP contribution in [0.15, 0.2) is 41.8 Å². The minimum absolute atomic E-state index is 0.0120. The summed E-state index contributed by atoms with van der Waals surface area (Å²) in [6.45, 7) is 4.29. The van der Waals surface area contributed by atoms with Gasteiger partial charge >= 0.3 is 0 Å². The van der Waals surface area contributed by atoms with E-state index in [1.165, 1.54) is 6.92 Å². The first kappa shape index (κ1) is 14.5. The number of Topliss-reactive ketones (excluding diaryl/α,β-unsaturated/α-hetero) is 1. The molecule has 22 heavy (non-hydrogen) atoms. The monoisotopic (exact) mass is 312 g/mol. The highest BCUT2D eigenvalue weighted by atomic mass is 32.1. The molecule has 0 aliphatic heterocycles. The maximum atomic E-state index is 12.5. The predicted octanol–water partition coefficient (Wildman–Crippen LogP) is 4.18. The van der Waals surface area contributed by atoms with Gasteiger partial charge in [-0.05, 0) is 55.6 Å². The molecule has 0 spiro atoms. The number of nitrogens with one attached hydrogen (secondary N) is 1. The maximum Gasteiger partial charge on any atom is 0.272 e. The molecule has 3 rings (SSSR count). The number of ketones is 1. The molecule has 5 heteroatoms. The number of rotatable bonds is 4. The average Bonchev–Trinajstić information content (AvgIpc) is 3.07. The molecule has 0 aliphatic rings. The second-order valence-corrected chi connectivity index (χ2v) is 5.98. The summed E-state index contributed by atoms with van der Waals surface area (Å²) in [5, 5.41) is 4.91. The molecule has 0 saturated heterocycles. The summed E-state index contributed by atoms with van der Waals surface area (Å²) in [4.78, 5) is 23.8. The van der Waals surface area contributed by atoms with Gasteiger partial charge in [-0.1, -0.05) is 0 Å². The number of amides is 1. The molecule has 3 aromatic rings. The Morgan fingerprint density at radius 3 is 2.55 bits per heavy atom. The van der Waals surface area contributed by atoms with Crippen molar-refractivity contribution >= 4 is 38.9 Å². The zero-order valence-electron chi connectivity index (χ0n) is 12.4. The Balaban J connectivity index is 1.86. The molecule has 1 amide bonds. The van der Waals surface area contributed by atoms with Gasteiger partial charge in [0.05, 0.1) is 10.2 Å². The Morgan fingerprint density at radius 1 is 1.18 bits per heavy atom. The lowest BCUT2D eigenvalue weighted by Gasteiger charge is -2.09. The van der Waals surface area contributed by atoms with Crippen LogP contribution in [0.4, 0.5) is 5.69 Å². The Kier molecular flexibility index (Phi) is 3.81. The molecule has 0 aliphatic carbocycles. The zero-order valence-corrected chi connectivity index (χ0v) is 13.2. The standard InChI is InChI=1S/C17H16N2O2S/c1-3-19-14-8-9-22-16(14)10-15(19)17(21)18-13-6-4-12(5-7-13)11(2)20/h4-10H,3H2,1-2H3,(H,18,21). The van der Waals surface area contributed by atoms with E-state index in [2.05, 4.69) is 5.32 Å². The first-order valence-electron chi connectivity index (χ1n) is 7.09. The van der Waals surface area contributed by atoms with E-state index in [0.717, 1.165) is 16.8 Å². The van der Waals surface area contributed by atoms with E-state index in [4.69, 9.17) is 0 Å². The van der Waals surface area contributed by atoms with Crippen molar-refractivity contribution in [3.05, 3.63) is 53.0 Å². The Morgan fingerprint density at radius 2 is 1.91 bits per heavy atom. The molecule has 2 heterocycles. The van der Waals surface area contributed by atoms with Gasteiger partial charge in [0.15, 0.2) is 5.78 Å². The van der Waals surface area contributed by atoms with Crippen molar-refractivity contribution in [1.29, 1.82) is 0 Å². The van der Waals surface area contributed by atoms with E-state index in [-0.39, 0.29) is 11.7 Å². The summed E-state index contributed by atoms with van der Waals surface area (Å²) in [5.74, 6) is -0.126. The number of aromatic nitrogens is 1. The van der Waals surface area contributed by atoms with E-state index < -0.39 is 0 Å². The summed E-state index contributed by atoms with van der Waals surface area (Å²) in [6.07, 6.45) is 0. The quantitative estimate of drug-likeness (QED) is 0.735. The van der Waals surface area contributed by atoms with E-state index >= 15 is 0 Å². The predicted molar refractivity (Wildman–Crippen MR) is 89.9 cm³/mol. The molecule has 0 fully saturated rings. The van der Waals surface area contributed by atoms with Gasteiger partial charge in [0.1, 0.15) is 5.69 Å². The number of thiophene rings is 1. The third-order valence-corrected chi connectivity index (χ3v) is 4.47. The number of anilines is 1. The van der Waals surface area contributed by atoms with Crippen LogP contribution in [-0.2, 0) is 6.54 Å². The van der Waals surface area contributed by atoms with Crippen LogP contribution in [0.5, 0.6) is 0 Å². The van der Waals surface area contributed by atoms with Crippen molar-refractivity contribution in [2.24, 2.45) is 0 Å². The van der Waals surface area contributed by atoms with Gasteiger partial charge in [-0.2, -0.15) is 0 Å². The number of fused-ring (bicyclic) bond motifs is 1. The third-order valence-electron chi connectivity index (χ3n) is 3.62. The van der Waals surface area contributed by atoms with Crippen molar-refractivity contribution < 1.29 is 9.59 Å². The van der Waals surface area contributed by atoms with Gasteiger partial charge in [-0.15, -0.1) is 11.3 Å². The van der Waals surface area contributed by atoms with Gasteiger partial charge in [0.2, 0.25) is 0 Å². The van der Waals surface area contributed by atoms with Gasteiger partial charge in [0, 0.05) is 17.8 Å². The topological polar surface area (TPSA) is 51.1 Å². The number of carbonyl (C=O) groups excluding carboxylic acids is 2. The molecule has 0 unspecified atom stereocenters. The van der Waals surface area contributed by atoms with Crippen LogP contribution in [-0.4, -0.2) is 16.3 Å². The summed E-state index contributed by atoms with van der Waals surface area (Å²) in [5.41, 5.74) is 3.06. The first-order valence-corrected chi connectivity index (χ1v) is 7.97. The molecular weight excluding hydrogens is 296 g/mol. The van der Waals surface area contributed by atoms with Gasteiger partial charge in [0.25, 0.3) is 5.91 Å². The fraction of sp³-hybridized carbons (Fsp3) is 0.176. The lowest BCUT2D eigenvalue weighted by molar-refractivity contribution is 0.101. The van der Waals surface area contributed by atoms with Gasteiger partial charge < -0.3 is 9.88 Å². The number of nitrogens with zero attached hydrogens (tertiary/aromatic N) is 1. The molecule has 112 valence electrons. The van der Waals surface area contributed by atoms with Crippen LogP contribution in [0.2, 0.25) is 0 Å². The van der Waals surface area contributed by atoms with Crippen LogP contribution in [0.25, 0.3) is 10.2 Å². The Labute approximate surface area is 132 Å². The number of hydrogen-bond donors (Lipinski definition) is 1. The van der Waals surface area contributed by atoms with Crippen LogP contribution in [0, 0.1) is 0 Å². The number of carbonyl (C=O) groups is 2. The minimum Gasteiger partial charge on any atom is -0.336 e. The molecule has 0 saturated carbocycles. The van der Waals surface area contributed by atoms with Crippen molar-refractivity contribution in [1.82, 2.24) is 4.57 Å². The third kappa shape index (κ3) is 2.55. The second-order valence-electron chi connectivity index (χ2n) is 5.03. The maximum absolute atomic E-state index is 12.5. The summed E-state index contributed by atoms with van der Waals surface area (Å²) >= 11 is 1.63. The van der Waals surface area contributed by atoms with Crippen molar-refractivity contribution in [2.75, 3.05) is 5.32 Å². The number of benzene rings is 1. The molecule has 2 aromatic heterocycles. The fourth-order valence-corrected chi connectivity index (χ4v) is 3.31. The minimum atomic E-state index is -0.138. The van der Waals surface area contributed by atoms with Crippen LogP contribution >= 0.6 is 11.3 Å². The van der Waals surface area contributed by atoms with Crippen LogP contribution in [0.3, 0.4) is 0 Å². The van der Waals surface area contributed by atoms with Gasteiger partial charge in [-0.3, -0.25) is 9.59 Å². The van der Waals surface area contributed by atoms with E-state index in [1.54, 1.807) is 35.6 Å². The lowest BCUT2D eigenvalue weighted by Crippen LogP contribution is -2.16. The largest absolute Gasteiger partial charge is 0.336 e. The fourth-order valence-electron chi connectivity index (χ4n) is 2.49. The van der Waals surface area contributed by atoms with Gasteiger partial charge in [-0.25, -0.2) is 0 Å². The van der Waals surface area contributed by atoms with Crippen LogP contribution in [0.1, 0.15) is 34.7 Å². The molecule has 0 bridgehead atoms. The zero-order chi connectivity index (χ0) is 15.7. The first-order chi connectivity index (χ1) is 10.6. The number of aryl methyl sites for hydroxylation is 1. The summed E-state index contributed by atoms with van der Waals surface area (Å²) in [7, 11) is 0. The van der Waals surface area contributed by atoms with Crippen LogP contribution < -0.4 is 5.32 Å².